The van der Waals surface area contributed by atoms with Gasteiger partial charge in [-0.1, -0.05) is 6.08 Å². The quantitative estimate of drug-likeness (QED) is 0.361. The molecule has 0 spiro atoms. The molecule has 0 aliphatic heterocycles. The van der Waals surface area contributed by atoms with E-state index in [9.17, 15) is 4.79 Å². The van der Waals surface area contributed by atoms with Crippen molar-refractivity contribution in [3.8, 4) is 23.7 Å². The van der Waals surface area contributed by atoms with Crippen LogP contribution in [-0.2, 0) is 4.79 Å². The lowest BCUT2D eigenvalue weighted by Crippen LogP contribution is -1.91. The summed E-state index contributed by atoms with van der Waals surface area (Å²) in [4.78, 5) is 11.3. The van der Waals surface area contributed by atoms with E-state index in [1.54, 1.807) is 6.08 Å². The molecule has 0 fully saturated rings. The number of hydrogen-bond acceptors (Lipinski definition) is 1. The molecule has 0 atom stereocenters. The summed E-state index contributed by atoms with van der Waals surface area (Å²) < 4.78 is 0. The molecule has 0 unspecified atom stereocenters. The summed E-state index contributed by atoms with van der Waals surface area (Å²) >= 11 is 0. The molecular weight excluding hydrogens is 196 g/mol. The van der Waals surface area contributed by atoms with E-state index in [0.29, 0.717) is 6.42 Å². The first-order chi connectivity index (χ1) is 7.81. The predicted molar refractivity (Wildman–Crippen MR) is 68.7 cm³/mol. The molecule has 16 heavy (non-hydrogen) atoms. The fourth-order valence-electron chi connectivity index (χ4n) is 1.21. The van der Waals surface area contributed by atoms with Crippen LogP contribution in [0.2, 0.25) is 0 Å². The van der Waals surface area contributed by atoms with Gasteiger partial charge in [0.25, 0.3) is 0 Å². The number of unbranched alkanes of at least 4 members (excludes halogenated alkanes) is 3. The number of hydrogen-bond donors (Lipinski definition) is 0. The fourth-order valence-corrected chi connectivity index (χ4v) is 1.21. The molecule has 0 aliphatic carbocycles. The van der Waals surface area contributed by atoms with E-state index in [0.717, 1.165) is 32.1 Å². The summed E-state index contributed by atoms with van der Waals surface area (Å²) in [5.74, 6) is 11.8. The van der Waals surface area contributed by atoms with Gasteiger partial charge in [0.05, 0.1) is 0 Å². The third-order valence-electron chi connectivity index (χ3n) is 2.05. The van der Waals surface area contributed by atoms with Crippen LogP contribution in [0.15, 0.2) is 12.2 Å². The Labute approximate surface area is 99.3 Å². The molecule has 0 saturated heterocycles. The van der Waals surface area contributed by atoms with Crippen molar-refractivity contribution in [2.24, 2.45) is 0 Å². The van der Waals surface area contributed by atoms with Gasteiger partial charge in [-0.2, -0.15) is 0 Å². The van der Waals surface area contributed by atoms with Crippen LogP contribution in [-0.4, -0.2) is 5.78 Å². The maximum absolute atomic E-state index is 11.3. The highest BCUT2D eigenvalue weighted by molar-refractivity contribution is 5.89. The first-order valence-corrected chi connectivity index (χ1v) is 5.80. The number of ketones is 1. The van der Waals surface area contributed by atoms with Gasteiger partial charge in [-0.3, -0.25) is 4.79 Å². The van der Waals surface area contributed by atoms with E-state index in [1.165, 1.54) is 0 Å². The van der Waals surface area contributed by atoms with Crippen molar-refractivity contribution in [2.75, 3.05) is 0 Å². The Morgan fingerprint density at radius 3 is 2.31 bits per heavy atom. The van der Waals surface area contributed by atoms with Gasteiger partial charge < -0.3 is 0 Å². The number of allylic oxidation sites excluding steroid dienone is 2. The zero-order valence-electron chi connectivity index (χ0n) is 10.3. The standard InChI is InChI=1S/C15H20O/c1-3-5-7-9-10-12-14-15(16)13-11-8-6-4-2/h12,14H,7-11,13H2,1-2H3/b14-12+. The zero-order valence-corrected chi connectivity index (χ0v) is 10.3. The van der Waals surface area contributed by atoms with Crippen molar-refractivity contribution in [1.29, 1.82) is 0 Å². The SMILES string of the molecule is CC#CCCC/C=C/C(=O)CCCC#CC. The van der Waals surface area contributed by atoms with Gasteiger partial charge in [0.1, 0.15) is 0 Å². The van der Waals surface area contributed by atoms with Crippen LogP contribution < -0.4 is 0 Å². The van der Waals surface area contributed by atoms with Crippen molar-refractivity contribution in [3.05, 3.63) is 12.2 Å². The normalized spacial score (nSPS) is 9.12. The lowest BCUT2D eigenvalue weighted by Gasteiger charge is -1.92. The van der Waals surface area contributed by atoms with Crippen LogP contribution in [0, 0.1) is 23.7 Å². The van der Waals surface area contributed by atoms with Crippen molar-refractivity contribution in [1.82, 2.24) is 0 Å². The van der Waals surface area contributed by atoms with Gasteiger partial charge in [0, 0.05) is 19.3 Å². The molecule has 0 bridgehead atoms. The Morgan fingerprint density at radius 2 is 1.69 bits per heavy atom. The summed E-state index contributed by atoms with van der Waals surface area (Å²) in [5, 5.41) is 0. The minimum Gasteiger partial charge on any atom is -0.295 e. The zero-order chi connectivity index (χ0) is 12.1. The Morgan fingerprint density at radius 1 is 1.06 bits per heavy atom. The van der Waals surface area contributed by atoms with Crippen molar-refractivity contribution < 1.29 is 4.79 Å². The summed E-state index contributed by atoms with van der Waals surface area (Å²) in [5.41, 5.74) is 0. The van der Waals surface area contributed by atoms with Gasteiger partial charge in [-0.15, -0.1) is 23.7 Å². The van der Waals surface area contributed by atoms with E-state index in [-0.39, 0.29) is 5.78 Å². The minimum absolute atomic E-state index is 0.208. The van der Waals surface area contributed by atoms with Gasteiger partial charge in [0.2, 0.25) is 0 Å². The molecule has 0 aliphatic rings. The second-order valence-electron chi connectivity index (χ2n) is 3.47. The molecule has 0 aromatic carbocycles. The molecule has 0 aromatic rings. The Bertz CT molecular complexity index is 328. The lowest BCUT2D eigenvalue weighted by molar-refractivity contribution is -0.114. The summed E-state index contributed by atoms with van der Waals surface area (Å²) in [6, 6.07) is 0. The van der Waals surface area contributed by atoms with E-state index in [2.05, 4.69) is 23.7 Å². The van der Waals surface area contributed by atoms with E-state index in [1.807, 2.05) is 19.9 Å². The van der Waals surface area contributed by atoms with E-state index in [4.69, 9.17) is 0 Å². The monoisotopic (exact) mass is 216 g/mol. The largest absolute Gasteiger partial charge is 0.295 e. The third-order valence-corrected chi connectivity index (χ3v) is 2.05. The summed E-state index contributed by atoms with van der Waals surface area (Å²) in [6.07, 6.45) is 8.83. The maximum Gasteiger partial charge on any atom is 0.155 e. The molecule has 0 aromatic heterocycles. The topological polar surface area (TPSA) is 17.1 Å². The highest BCUT2D eigenvalue weighted by Crippen LogP contribution is 1.99. The molecule has 0 heterocycles. The lowest BCUT2D eigenvalue weighted by atomic mass is 10.1. The van der Waals surface area contributed by atoms with Gasteiger partial charge in [-0.25, -0.2) is 0 Å². The van der Waals surface area contributed by atoms with Gasteiger partial charge in [-0.05, 0) is 39.2 Å². The van der Waals surface area contributed by atoms with Crippen LogP contribution in [0.3, 0.4) is 0 Å². The molecule has 1 nitrogen and oxygen atoms in total. The minimum atomic E-state index is 0.208. The molecular formula is C15H20O. The predicted octanol–water partition coefficient (Wildman–Crippen LogP) is 3.50. The molecule has 0 rings (SSSR count). The molecule has 0 N–H and O–H groups in total. The first-order valence-electron chi connectivity index (χ1n) is 5.80. The Kier molecular flexibility index (Phi) is 10.5. The van der Waals surface area contributed by atoms with Crippen molar-refractivity contribution >= 4 is 5.78 Å². The van der Waals surface area contributed by atoms with E-state index < -0.39 is 0 Å². The molecule has 0 amide bonds. The Hall–Kier alpha value is -1.47. The Balaban J connectivity index is 3.48. The summed E-state index contributed by atoms with van der Waals surface area (Å²) in [7, 11) is 0. The highest BCUT2D eigenvalue weighted by atomic mass is 16.1. The van der Waals surface area contributed by atoms with Crippen molar-refractivity contribution in [2.45, 2.75) is 52.4 Å². The number of carbonyl (C=O) groups excluding carboxylic acids is 1. The van der Waals surface area contributed by atoms with Crippen LogP contribution in [0.1, 0.15) is 52.4 Å². The number of rotatable bonds is 7. The molecule has 86 valence electrons. The summed E-state index contributed by atoms with van der Waals surface area (Å²) in [6.45, 7) is 3.67. The van der Waals surface area contributed by atoms with Crippen LogP contribution >= 0.6 is 0 Å². The smallest absolute Gasteiger partial charge is 0.155 e. The van der Waals surface area contributed by atoms with Crippen LogP contribution in [0.4, 0.5) is 0 Å². The molecule has 1 heteroatoms. The van der Waals surface area contributed by atoms with Gasteiger partial charge >= 0.3 is 0 Å². The highest BCUT2D eigenvalue weighted by Gasteiger charge is 1.94. The maximum atomic E-state index is 11.3. The molecule has 0 radical (unpaired) electrons. The fraction of sp³-hybridized carbons (Fsp3) is 0.533. The van der Waals surface area contributed by atoms with E-state index >= 15 is 0 Å². The number of carbonyl (C=O) groups is 1. The van der Waals surface area contributed by atoms with Gasteiger partial charge in [0.15, 0.2) is 5.78 Å². The van der Waals surface area contributed by atoms with Crippen LogP contribution in [0.25, 0.3) is 0 Å². The second-order valence-corrected chi connectivity index (χ2v) is 3.47. The second kappa shape index (κ2) is 11.6. The first kappa shape index (κ1) is 14.5. The van der Waals surface area contributed by atoms with Crippen LogP contribution in [0.5, 0.6) is 0 Å². The molecule has 0 saturated carbocycles. The average molecular weight is 216 g/mol. The van der Waals surface area contributed by atoms with Crippen molar-refractivity contribution in [3.63, 3.8) is 0 Å². The average Bonchev–Trinajstić information content (AvgIpc) is 2.29. The third kappa shape index (κ3) is 10.6.